The van der Waals surface area contributed by atoms with E-state index >= 15 is 0 Å². The van der Waals surface area contributed by atoms with E-state index in [-0.39, 0.29) is 12.4 Å². The zero-order valence-corrected chi connectivity index (χ0v) is 3.02. The molecule has 0 aliphatic carbocycles. The fraction of sp³-hybridized carbons (Fsp3) is 1.00. The van der Waals surface area contributed by atoms with Gasteiger partial charge in [0.15, 0.2) is 0 Å². The molecule has 0 heterocycles. The van der Waals surface area contributed by atoms with Gasteiger partial charge in [0, 0.05) is 5.75 Å². The Morgan fingerprint density at radius 2 is 2.00 bits per heavy atom. The summed E-state index contributed by atoms with van der Waals surface area (Å²) in [6.45, 7) is -0.366. The molecule has 0 atom stereocenters. The van der Waals surface area contributed by atoms with Gasteiger partial charge in [-0.15, -0.1) is 0 Å². The lowest BCUT2D eigenvalue weighted by molar-refractivity contribution is 0.533. The van der Waals surface area contributed by atoms with Crippen molar-refractivity contribution in [3.05, 3.63) is 0 Å². The van der Waals surface area contributed by atoms with Crippen molar-refractivity contribution in [2.24, 2.45) is 0 Å². The molecule has 0 aliphatic heterocycles. The summed E-state index contributed by atoms with van der Waals surface area (Å²) in [5.74, 6) is 0.236. The first-order valence-corrected chi connectivity index (χ1v) is 1.63. The molecule has 1 radical (unpaired) electrons. The molecule has 2 heteroatoms. The zero-order valence-electron chi connectivity index (χ0n) is 2.20. The number of hydrogen-bond donors (Lipinski definition) is 0. The molecule has 0 amide bonds. The molecule has 4 heavy (non-hydrogen) atoms. The van der Waals surface area contributed by atoms with E-state index in [2.05, 4.69) is 12.6 Å². The first-order chi connectivity index (χ1) is 1.91. The first-order valence-electron chi connectivity index (χ1n) is 1.06. The molecule has 0 fully saturated rings. The molecular weight excluding hydrogens is 75.1 g/mol. The van der Waals surface area contributed by atoms with Crippen LogP contribution >= 0.6 is 12.6 Å². The average Bonchev–Trinajstić information content (AvgIpc) is 1.37. The van der Waals surface area contributed by atoms with Crippen molar-refractivity contribution in [3.63, 3.8) is 0 Å². The largest absolute Gasteiger partial charge is 0.250 e. The summed E-state index contributed by atoms with van der Waals surface area (Å²) in [5, 5.41) is 0. The van der Waals surface area contributed by atoms with Crippen molar-refractivity contribution < 1.29 is 4.39 Å². The quantitative estimate of drug-likeness (QED) is 0.442. The Morgan fingerprint density at radius 1 is 1.75 bits per heavy atom. The Morgan fingerprint density at radius 3 is 2.00 bits per heavy atom. The Bertz CT molecular complexity index is 8.00. The SMILES string of the molecule is FCC[S]. The molecule has 0 nitrogen and oxygen atoms in total. The Labute approximate surface area is 30.4 Å². The third kappa shape index (κ3) is 2.28. The van der Waals surface area contributed by atoms with E-state index in [9.17, 15) is 4.39 Å². The topological polar surface area (TPSA) is 0 Å². The second kappa shape index (κ2) is 3.28. The van der Waals surface area contributed by atoms with Crippen molar-refractivity contribution in [1.82, 2.24) is 0 Å². The molecule has 25 valence electrons. The molecule has 0 saturated heterocycles. The second-order valence-corrected chi connectivity index (χ2v) is 0.801. The minimum atomic E-state index is -0.366. The maximum Gasteiger partial charge on any atom is 0.0993 e. The van der Waals surface area contributed by atoms with Gasteiger partial charge >= 0.3 is 0 Å². The predicted octanol–water partition coefficient (Wildman–Crippen LogP) is 1.15. The van der Waals surface area contributed by atoms with Crippen molar-refractivity contribution in [2.45, 2.75) is 0 Å². The van der Waals surface area contributed by atoms with E-state index in [0.29, 0.717) is 0 Å². The minimum Gasteiger partial charge on any atom is -0.250 e. The summed E-state index contributed by atoms with van der Waals surface area (Å²) in [7, 11) is 0. The molecule has 0 aliphatic rings. The maximum atomic E-state index is 10.6. The van der Waals surface area contributed by atoms with Gasteiger partial charge in [-0.2, -0.15) is 0 Å². The van der Waals surface area contributed by atoms with Crippen molar-refractivity contribution in [2.75, 3.05) is 12.4 Å². The van der Waals surface area contributed by atoms with Crippen LogP contribution in [0.1, 0.15) is 0 Å². The molecule has 0 aromatic heterocycles. The summed E-state index contributed by atoms with van der Waals surface area (Å²) in [4.78, 5) is 0. The lowest BCUT2D eigenvalue weighted by Gasteiger charge is -1.62. The Kier molecular flexibility index (Phi) is 3.51. The Balaban J connectivity index is 1.97. The molecule has 0 unspecified atom stereocenters. The van der Waals surface area contributed by atoms with Crippen molar-refractivity contribution in [1.29, 1.82) is 0 Å². The molecule has 0 rings (SSSR count). The second-order valence-electron chi connectivity index (χ2n) is 0.393. The number of hydrogen-bond acceptors (Lipinski definition) is 0. The molecule has 0 aromatic carbocycles. The highest BCUT2D eigenvalue weighted by Crippen LogP contribution is 1.68. The van der Waals surface area contributed by atoms with Gasteiger partial charge in [-0.05, 0) is 0 Å². The lowest BCUT2D eigenvalue weighted by Crippen LogP contribution is -1.66. The predicted molar refractivity (Wildman–Crippen MR) is 18.4 cm³/mol. The van der Waals surface area contributed by atoms with Crippen LogP contribution in [0, 0.1) is 0 Å². The normalized spacial score (nSPS) is 7.50. The highest BCUT2D eigenvalue weighted by atomic mass is 32.1. The van der Waals surface area contributed by atoms with Crippen LogP contribution in [0.5, 0.6) is 0 Å². The van der Waals surface area contributed by atoms with E-state index in [1.807, 2.05) is 0 Å². The summed E-state index contributed by atoms with van der Waals surface area (Å²) in [5.41, 5.74) is 0. The number of alkyl halides is 1. The standard InChI is InChI=1S/C2H4FS/c3-1-2-4/h1-2H2. The van der Waals surface area contributed by atoms with E-state index in [1.54, 1.807) is 0 Å². The number of rotatable bonds is 1. The van der Waals surface area contributed by atoms with Crippen LogP contribution in [0.25, 0.3) is 0 Å². The van der Waals surface area contributed by atoms with Gasteiger partial charge in [0.2, 0.25) is 0 Å². The van der Waals surface area contributed by atoms with Crippen LogP contribution in [0.4, 0.5) is 4.39 Å². The molecule has 0 saturated carbocycles. The van der Waals surface area contributed by atoms with Crippen LogP contribution in [-0.4, -0.2) is 12.4 Å². The van der Waals surface area contributed by atoms with Gasteiger partial charge in [-0.1, -0.05) is 12.6 Å². The first kappa shape index (κ1) is 4.28. The van der Waals surface area contributed by atoms with Crippen LogP contribution in [-0.2, 0) is 0 Å². The molecule has 0 bridgehead atoms. The van der Waals surface area contributed by atoms with Gasteiger partial charge in [-0.3, -0.25) is 4.39 Å². The fourth-order valence-electron chi connectivity index (χ4n) is 0. The minimum absolute atomic E-state index is 0.236. The zero-order chi connectivity index (χ0) is 3.41. The maximum absolute atomic E-state index is 10.6. The van der Waals surface area contributed by atoms with E-state index in [1.165, 1.54) is 0 Å². The highest BCUT2D eigenvalue weighted by molar-refractivity contribution is 7.80. The summed E-state index contributed by atoms with van der Waals surface area (Å²) < 4.78 is 10.6. The monoisotopic (exact) mass is 79.0 g/mol. The van der Waals surface area contributed by atoms with E-state index < -0.39 is 0 Å². The van der Waals surface area contributed by atoms with Crippen LogP contribution in [0.3, 0.4) is 0 Å². The Hall–Kier alpha value is 0.280. The van der Waals surface area contributed by atoms with Gasteiger partial charge < -0.3 is 0 Å². The number of halogens is 1. The van der Waals surface area contributed by atoms with Gasteiger partial charge in [0.25, 0.3) is 0 Å². The van der Waals surface area contributed by atoms with Crippen LogP contribution < -0.4 is 0 Å². The summed E-state index contributed by atoms with van der Waals surface area (Å²) in [6, 6.07) is 0. The van der Waals surface area contributed by atoms with E-state index in [4.69, 9.17) is 0 Å². The molecule has 0 aromatic rings. The molecule has 0 N–H and O–H groups in total. The van der Waals surface area contributed by atoms with Crippen molar-refractivity contribution >= 4 is 12.6 Å². The van der Waals surface area contributed by atoms with E-state index in [0.717, 1.165) is 0 Å². The highest BCUT2D eigenvalue weighted by Gasteiger charge is 1.63. The van der Waals surface area contributed by atoms with Gasteiger partial charge in [0.1, 0.15) is 0 Å². The fourth-order valence-corrected chi connectivity index (χ4v) is 0. The van der Waals surface area contributed by atoms with Crippen LogP contribution in [0.2, 0.25) is 0 Å². The smallest absolute Gasteiger partial charge is 0.0993 e. The van der Waals surface area contributed by atoms with Gasteiger partial charge in [0.05, 0.1) is 6.67 Å². The lowest BCUT2D eigenvalue weighted by atomic mass is 10.9. The van der Waals surface area contributed by atoms with Crippen LogP contribution in [0.15, 0.2) is 0 Å². The molecular formula is C2H4FS. The summed E-state index contributed by atoms with van der Waals surface area (Å²) >= 11 is 4.18. The molecule has 0 spiro atoms. The third-order valence-corrected chi connectivity index (χ3v) is 0.231. The van der Waals surface area contributed by atoms with Gasteiger partial charge in [-0.25, -0.2) is 0 Å². The third-order valence-electron chi connectivity index (χ3n) is 0.0772. The summed E-state index contributed by atoms with van der Waals surface area (Å²) in [6.07, 6.45) is 0. The average molecular weight is 79.1 g/mol. The van der Waals surface area contributed by atoms with Crippen molar-refractivity contribution in [3.8, 4) is 0 Å².